The van der Waals surface area contributed by atoms with Crippen LogP contribution in [-0.2, 0) is 11.3 Å². The zero-order valence-electron chi connectivity index (χ0n) is 14.3. The maximum atomic E-state index is 14.0. The van der Waals surface area contributed by atoms with Crippen LogP contribution in [-0.4, -0.2) is 44.4 Å². The molecule has 0 spiro atoms. The smallest absolute Gasteiger partial charge is 0.230 e. The SMILES string of the molecule is CC(=O)Nc1nc(F)c(CN2C[C@@H](Oc3cc(C)ncn3)C[C@H]2C)s1. The monoisotopic (exact) mass is 365 g/mol. The van der Waals surface area contributed by atoms with E-state index in [1.165, 1.54) is 13.3 Å². The van der Waals surface area contributed by atoms with Gasteiger partial charge in [-0.05, 0) is 13.8 Å². The molecular weight excluding hydrogens is 345 g/mol. The number of halogens is 1. The normalized spacial score (nSPS) is 20.6. The molecule has 2 aromatic rings. The van der Waals surface area contributed by atoms with Gasteiger partial charge in [0, 0.05) is 44.2 Å². The van der Waals surface area contributed by atoms with E-state index in [0.717, 1.165) is 23.5 Å². The fraction of sp³-hybridized carbons (Fsp3) is 0.500. The minimum Gasteiger partial charge on any atom is -0.473 e. The molecule has 1 N–H and O–H groups in total. The highest BCUT2D eigenvalue weighted by Crippen LogP contribution is 2.28. The topological polar surface area (TPSA) is 80.2 Å². The summed E-state index contributed by atoms with van der Waals surface area (Å²) in [6.45, 7) is 6.46. The minimum absolute atomic E-state index is 0.00454. The number of amides is 1. The molecule has 1 fully saturated rings. The number of ether oxygens (including phenoxy) is 1. The van der Waals surface area contributed by atoms with E-state index >= 15 is 0 Å². The molecule has 134 valence electrons. The number of nitrogens with zero attached hydrogens (tertiary/aromatic N) is 4. The van der Waals surface area contributed by atoms with Gasteiger partial charge in [0.1, 0.15) is 12.4 Å². The van der Waals surface area contributed by atoms with Gasteiger partial charge in [-0.2, -0.15) is 9.37 Å². The van der Waals surface area contributed by atoms with Gasteiger partial charge in [0.15, 0.2) is 5.13 Å². The van der Waals surface area contributed by atoms with Gasteiger partial charge in [0.2, 0.25) is 17.7 Å². The van der Waals surface area contributed by atoms with Crippen LogP contribution < -0.4 is 10.1 Å². The van der Waals surface area contributed by atoms with Gasteiger partial charge in [-0.1, -0.05) is 11.3 Å². The highest BCUT2D eigenvalue weighted by Gasteiger charge is 2.32. The third-order valence-corrected chi connectivity index (χ3v) is 4.94. The number of anilines is 1. The molecule has 0 radical (unpaired) electrons. The van der Waals surface area contributed by atoms with Crippen molar-refractivity contribution in [3.05, 3.63) is 28.9 Å². The fourth-order valence-electron chi connectivity index (χ4n) is 2.84. The summed E-state index contributed by atoms with van der Waals surface area (Å²) in [4.78, 5) is 25.7. The van der Waals surface area contributed by atoms with Crippen molar-refractivity contribution in [2.45, 2.75) is 45.9 Å². The molecule has 0 aromatic carbocycles. The van der Waals surface area contributed by atoms with Gasteiger partial charge < -0.3 is 10.1 Å². The van der Waals surface area contributed by atoms with Crippen LogP contribution in [0.25, 0.3) is 0 Å². The summed E-state index contributed by atoms with van der Waals surface area (Å²) >= 11 is 1.16. The molecule has 1 saturated heterocycles. The Morgan fingerprint density at radius 2 is 2.32 bits per heavy atom. The highest BCUT2D eigenvalue weighted by atomic mass is 32.1. The molecule has 0 saturated carbocycles. The second-order valence-electron chi connectivity index (χ2n) is 6.17. The van der Waals surface area contributed by atoms with Crippen molar-refractivity contribution >= 4 is 22.4 Å². The van der Waals surface area contributed by atoms with Crippen LogP contribution in [0.5, 0.6) is 5.88 Å². The summed E-state index contributed by atoms with van der Waals surface area (Å²) in [5, 5.41) is 2.81. The van der Waals surface area contributed by atoms with E-state index in [2.05, 4.69) is 32.1 Å². The Morgan fingerprint density at radius 1 is 1.52 bits per heavy atom. The van der Waals surface area contributed by atoms with Gasteiger partial charge in [-0.15, -0.1) is 0 Å². The molecule has 0 unspecified atom stereocenters. The molecular formula is C16H20FN5O2S. The molecule has 3 heterocycles. The number of likely N-dealkylation sites (tertiary alicyclic amines) is 1. The van der Waals surface area contributed by atoms with E-state index in [0.29, 0.717) is 23.8 Å². The molecule has 0 aliphatic carbocycles. The van der Waals surface area contributed by atoms with E-state index in [4.69, 9.17) is 4.74 Å². The van der Waals surface area contributed by atoms with E-state index in [1.807, 2.05) is 6.92 Å². The minimum atomic E-state index is -0.531. The zero-order chi connectivity index (χ0) is 18.0. The van der Waals surface area contributed by atoms with Gasteiger partial charge in [-0.25, -0.2) is 9.97 Å². The predicted octanol–water partition coefficient (Wildman–Crippen LogP) is 2.38. The Labute approximate surface area is 149 Å². The molecule has 1 aliphatic heterocycles. The lowest BCUT2D eigenvalue weighted by molar-refractivity contribution is -0.114. The van der Waals surface area contributed by atoms with Crippen molar-refractivity contribution in [1.82, 2.24) is 19.9 Å². The summed E-state index contributed by atoms with van der Waals surface area (Å²) < 4.78 is 19.9. The van der Waals surface area contributed by atoms with Crippen molar-refractivity contribution in [2.24, 2.45) is 0 Å². The van der Waals surface area contributed by atoms with Crippen molar-refractivity contribution in [3.63, 3.8) is 0 Å². The average Bonchev–Trinajstić information content (AvgIpc) is 3.02. The Balaban J connectivity index is 1.62. The molecule has 2 aromatic heterocycles. The first-order valence-corrected chi connectivity index (χ1v) is 8.84. The van der Waals surface area contributed by atoms with Gasteiger partial charge in [0.05, 0.1) is 4.88 Å². The third kappa shape index (κ3) is 4.49. The third-order valence-electron chi connectivity index (χ3n) is 4.01. The fourth-order valence-corrected chi connectivity index (χ4v) is 3.75. The van der Waals surface area contributed by atoms with Crippen LogP contribution in [0.1, 0.15) is 30.8 Å². The molecule has 25 heavy (non-hydrogen) atoms. The van der Waals surface area contributed by atoms with Crippen molar-refractivity contribution in [2.75, 3.05) is 11.9 Å². The quantitative estimate of drug-likeness (QED) is 0.876. The largest absolute Gasteiger partial charge is 0.473 e. The Morgan fingerprint density at radius 3 is 3.04 bits per heavy atom. The molecule has 2 atom stereocenters. The number of aromatic nitrogens is 3. The number of nitrogens with one attached hydrogen (secondary N) is 1. The van der Waals surface area contributed by atoms with E-state index in [-0.39, 0.29) is 23.2 Å². The van der Waals surface area contributed by atoms with E-state index < -0.39 is 5.95 Å². The summed E-state index contributed by atoms with van der Waals surface area (Å²) in [5.41, 5.74) is 0.852. The van der Waals surface area contributed by atoms with Crippen LogP contribution in [0.15, 0.2) is 12.4 Å². The molecule has 9 heteroatoms. The molecule has 1 aliphatic rings. The molecule has 0 bridgehead atoms. The molecule has 7 nitrogen and oxygen atoms in total. The summed E-state index contributed by atoms with van der Waals surface area (Å²) in [6, 6.07) is 2.05. The maximum absolute atomic E-state index is 14.0. The lowest BCUT2D eigenvalue weighted by atomic mass is 10.2. The second-order valence-corrected chi connectivity index (χ2v) is 7.25. The average molecular weight is 365 g/mol. The number of carbonyl (C=O) groups is 1. The number of thiazole rings is 1. The van der Waals surface area contributed by atoms with Crippen molar-refractivity contribution in [3.8, 4) is 5.88 Å². The Hall–Kier alpha value is -2.13. The van der Waals surface area contributed by atoms with Gasteiger partial charge >= 0.3 is 0 Å². The molecule has 1 amide bonds. The second kappa shape index (κ2) is 7.40. The van der Waals surface area contributed by atoms with Crippen LogP contribution in [0.4, 0.5) is 9.52 Å². The van der Waals surface area contributed by atoms with Crippen molar-refractivity contribution in [1.29, 1.82) is 0 Å². The maximum Gasteiger partial charge on any atom is 0.230 e. The number of carbonyl (C=O) groups excluding carboxylic acids is 1. The van der Waals surface area contributed by atoms with Crippen LogP contribution in [0.3, 0.4) is 0 Å². The van der Waals surface area contributed by atoms with Crippen LogP contribution in [0, 0.1) is 12.9 Å². The zero-order valence-corrected chi connectivity index (χ0v) is 15.1. The van der Waals surface area contributed by atoms with E-state index in [1.54, 1.807) is 6.07 Å². The lowest BCUT2D eigenvalue weighted by Crippen LogP contribution is -2.28. The first-order valence-electron chi connectivity index (χ1n) is 8.03. The predicted molar refractivity (Wildman–Crippen MR) is 92.0 cm³/mol. The first-order chi connectivity index (χ1) is 11.9. The lowest BCUT2D eigenvalue weighted by Gasteiger charge is -2.19. The Bertz CT molecular complexity index is 769. The summed E-state index contributed by atoms with van der Waals surface area (Å²) in [6.07, 6.45) is 2.31. The number of hydrogen-bond donors (Lipinski definition) is 1. The summed E-state index contributed by atoms with van der Waals surface area (Å²) in [7, 11) is 0. The number of rotatable bonds is 5. The number of hydrogen-bond acceptors (Lipinski definition) is 7. The summed E-state index contributed by atoms with van der Waals surface area (Å²) in [5.74, 6) is -0.233. The van der Waals surface area contributed by atoms with Crippen molar-refractivity contribution < 1.29 is 13.9 Å². The van der Waals surface area contributed by atoms with Gasteiger partial charge in [-0.3, -0.25) is 9.69 Å². The van der Waals surface area contributed by atoms with Crippen LogP contribution >= 0.6 is 11.3 Å². The highest BCUT2D eigenvalue weighted by molar-refractivity contribution is 7.15. The van der Waals surface area contributed by atoms with Crippen LogP contribution in [0.2, 0.25) is 0 Å². The number of aryl methyl sites for hydroxylation is 1. The van der Waals surface area contributed by atoms with Gasteiger partial charge in [0.25, 0.3) is 0 Å². The van der Waals surface area contributed by atoms with E-state index in [9.17, 15) is 9.18 Å². The first kappa shape index (κ1) is 17.7. The molecule has 3 rings (SSSR count). The Kier molecular flexibility index (Phi) is 5.24. The standard InChI is InChI=1S/C16H20FN5O2S/c1-9-4-14(19-8-18-9)24-12-5-10(2)22(6-12)7-13-15(17)21-16(25-13)20-11(3)23/h4,8,10,12H,5-7H2,1-3H3,(H,20,21,23)/t10-,12+/m1/s1.